The summed E-state index contributed by atoms with van der Waals surface area (Å²) in [5, 5.41) is 19.3. The molecule has 0 saturated carbocycles. The average Bonchev–Trinajstić information content (AvgIpc) is 2.77. The minimum absolute atomic E-state index is 0.00183. The minimum atomic E-state index is -1.45. The van der Waals surface area contributed by atoms with Crippen molar-refractivity contribution in [1.82, 2.24) is 0 Å². The molecular weight excluding hydrogens is 228 g/mol. The molecule has 1 atom stereocenters. The predicted molar refractivity (Wildman–Crippen MR) is 55.8 cm³/mol. The number of fused-ring (bicyclic) bond motifs is 1. The Kier molecular flexibility index (Phi) is 3.06. The second kappa shape index (κ2) is 4.50. The van der Waals surface area contributed by atoms with Crippen LogP contribution in [-0.4, -0.2) is 29.6 Å². The second-order valence-corrected chi connectivity index (χ2v) is 3.43. The summed E-state index contributed by atoms with van der Waals surface area (Å²) in [5.41, 5.74) is 0.199. The van der Waals surface area contributed by atoms with Crippen LogP contribution in [0.15, 0.2) is 12.1 Å². The van der Waals surface area contributed by atoms with Crippen molar-refractivity contribution in [3.05, 3.63) is 17.7 Å². The van der Waals surface area contributed by atoms with Gasteiger partial charge in [-0.05, 0) is 24.6 Å². The van der Waals surface area contributed by atoms with Crippen molar-refractivity contribution < 1.29 is 29.2 Å². The summed E-state index contributed by atoms with van der Waals surface area (Å²) in [4.78, 5) is 11.3. The molecule has 2 N–H and O–H groups in total. The molecule has 0 radical (unpaired) electrons. The number of ether oxygens (including phenoxy) is 3. The molecule has 6 nitrogen and oxygen atoms in total. The Morgan fingerprint density at radius 3 is 3.00 bits per heavy atom. The number of esters is 1. The molecule has 1 heterocycles. The molecule has 92 valence electrons. The molecule has 6 heteroatoms. The van der Waals surface area contributed by atoms with Gasteiger partial charge in [0.2, 0.25) is 12.5 Å². The molecule has 0 spiro atoms. The molecular formula is C11H12O6. The summed E-state index contributed by atoms with van der Waals surface area (Å²) in [6.07, 6.45) is -1.45. The zero-order chi connectivity index (χ0) is 12.4. The number of hydrogen-bond donors (Lipinski definition) is 2. The highest BCUT2D eigenvalue weighted by atomic mass is 16.7. The van der Waals surface area contributed by atoms with E-state index in [9.17, 15) is 15.0 Å². The molecule has 0 aliphatic carbocycles. The van der Waals surface area contributed by atoms with E-state index in [1.54, 1.807) is 6.92 Å². The molecule has 1 aromatic rings. The van der Waals surface area contributed by atoms with Gasteiger partial charge in [-0.1, -0.05) is 0 Å². The van der Waals surface area contributed by atoms with E-state index in [-0.39, 0.29) is 30.5 Å². The van der Waals surface area contributed by atoms with Crippen LogP contribution in [0.3, 0.4) is 0 Å². The van der Waals surface area contributed by atoms with E-state index < -0.39 is 12.1 Å². The third-order valence-electron chi connectivity index (χ3n) is 2.30. The van der Waals surface area contributed by atoms with Gasteiger partial charge in [0.15, 0.2) is 17.6 Å². The topological polar surface area (TPSA) is 85.2 Å². The molecule has 1 aliphatic heterocycles. The summed E-state index contributed by atoms with van der Waals surface area (Å²) in [5.74, 6) is -0.447. The van der Waals surface area contributed by atoms with E-state index in [0.717, 1.165) is 0 Å². The second-order valence-electron chi connectivity index (χ2n) is 3.43. The molecule has 0 bridgehead atoms. The number of benzene rings is 1. The van der Waals surface area contributed by atoms with Crippen molar-refractivity contribution in [3.63, 3.8) is 0 Å². The normalized spacial score (nSPS) is 14.5. The number of aliphatic hydroxyl groups is 1. The van der Waals surface area contributed by atoms with Gasteiger partial charge in [-0.25, -0.2) is 4.79 Å². The fourth-order valence-corrected chi connectivity index (χ4v) is 1.53. The zero-order valence-corrected chi connectivity index (χ0v) is 9.17. The number of aliphatic hydroxyl groups excluding tert-OH is 1. The number of hydrogen-bond acceptors (Lipinski definition) is 6. The van der Waals surface area contributed by atoms with Crippen LogP contribution in [0, 0.1) is 0 Å². The van der Waals surface area contributed by atoms with Crippen LogP contribution in [0.25, 0.3) is 0 Å². The van der Waals surface area contributed by atoms with Crippen LogP contribution < -0.4 is 9.47 Å². The predicted octanol–water partition coefficient (Wildman–Crippen LogP) is 0.717. The van der Waals surface area contributed by atoms with Crippen LogP contribution in [-0.2, 0) is 9.53 Å². The molecule has 0 fully saturated rings. The SMILES string of the molecule is CCOC(=O)C(O)c1cc(O)c2c(c1)OCO2. The Morgan fingerprint density at radius 1 is 1.53 bits per heavy atom. The molecule has 0 saturated heterocycles. The maximum Gasteiger partial charge on any atom is 0.339 e. The van der Waals surface area contributed by atoms with E-state index in [4.69, 9.17) is 9.47 Å². The Hall–Kier alpha value is -1.95. The Labute approximate surface area is 97.3 Å². The van der Waals surface area contributed by atoms with Crippen molar-refractivity contribution in [2.45, 2.75) is 13.0 Å². The summed E-state index contributed by atoms with van der Waals surface area (Å²) in [6, 6.07) is 2.68. The number of carbonyl (C=O) groups excluding carboxylic acids is 1. The van der Waals surface area contributed by atoms with E-state index in [2.05, 4.69) is 4.74 Å². The fourth-order valence-electron chi connectivity index (χ4n) is 1.53. The van der Waals surface area contributed by atoms with E-state index in [1.807, 2.05) is 0 Å². The lowest BCUT2D eigenvalue weighted by Crippen LogP contribution is -2.15. The van der Waals surface area contributed by atoms with Gasteiger partial charge < -0.3 is 24.4 Å². The van der Waals surface area contributed by atoms with E-state index in [0.29, 0.717) is 5.75 Å². The van der Waals surface area contributed by atoms with Crippen LogP contribution in [0.2, 0.25) is 0 Å². The van der Waals surface area contributed by atoms with Gasteiger partial charge in [0.25, 0.3) is 0 Å². The smallest absolute Gasteiger partial charge is 0.339 e. The third-order valence-corrected chi connectivity index (χ3v) is 2.30. The molecule has 0 aromatic heterocycles. The van der Waals surface area contributed by atoms with Crippen LogP contribution in [0.5, 0.6) is 17.2 Å². The lowest BCUT2D eigenvalue weighted by Gasteiger charge is -2.11. The standard InChI is InChI=1S/C11H12O6/c1-2-15-11(14)9(13)6-3-7(12)10-8(4-6)16-5-17-10/h3-4,9,12-13H,2,5H2,1H3. The quantitative estimate of drug-likeness (QED) is 0.757. The molecule has 1 aliphatic rings. The number of phenols is 1. The maximum absolute atomic E-state index is 11.3. The largest absolute Gasteiger partial charge is 0.504 e. The first kappa shape index (κ1) is 11.5. The van der Waals surface area contributed by atoms with Crippen molar-refractivity contribution >= 4 is 5.97 Å². The maximum atomic E-state index is 11.3. The van der Waals surface area contributed by atoms with Crippen LogP contribution >= 0.6 is 0 Å². The van der Waals surface area contributed by atoms with Gasteiger partial charge in [0.1, 0.15) is 0 Å². The van der Waals surface area contributed by atoms with Crippen molar-refractivity contribution in [1.29, 1.82) is 0 Å². The van der Waals surface area contributed by atoms with Gasteiger partial charge in [-0.3, -0.25) is 0 Å². The van der Waals surface area contributed by atoms with Gasteiger partial charge >= 0.3 is 5.97 Å². The molecule has 1 unspecified atom stereocenters. The van der Waals surface area contributed by atoms with Crippen LogP contribution in [0.4, 0.5) is 0 Å². The molecule has 0 amide bonds. The molecule has 17 heavy (non-hydrogen) atoms. The first-order valence-electron chi connectivity index (χ1n) is 5.10. The summed E-state index contributed by atoms with van der Waals surface area (Å²) < 4.78 is 14.7. The number of phenolic OH excluding ortho intramolecular Hbond substituents is 1. The Balaban J connectivity index is 2.28. The third kappa shape index (κ3) is 2.12. The Morgan fingerprint density at radius 2 is 2.29 bits per heavy atom. The number of aromatic hydroxyl groups is 1. The average molecular weight is 240 g/mol. The monoisotopic (exact) mass is 240 g/mol. The highest BCUT2D eigenvalue weighted by Gasteiger charge is 2.25. The van der Waals surface area contributed by atoms with E-state index >= 15 is 0 Å². The zero-order valence-electron chi connectivity index (χ0n) is 9.17. The fraction of sp³-hybridized carbons (Fsp3) is 0.364. The number of carbonyl (C=O) groups is 1. The highest BCUT2D eigenvalue weighted by Crippen LogP contribution is 2.42. The molecule has 1 aromatic carbocycles. The van der Waals surface area contributed by atoms with Gasteiger partial charge in [-0.15, -0.1) is 0 Å². The van der Waals surface area contributed by atoms with Crippen molar-refractivity contribution in [3.8, 4) is 17.2 Å². The summed E-state index contributed by atoms with van der Waals surface area (Å²) >= 11 is 0. The van der Waals surface area contributed by atoms with Crippen LogP contribution in [0.1, 0.15) is 18.6 Å². The van der Waals surface area contributed by atoms with Crippen molar-refractivity contribution in [2.24, 2.45) is 0 Å². The lowest BCUT2D eigenvalue weighted by molar-refractivity contribution is -0.153. The first-order chi connectivity index (χ1) is 8.13. The van der Waals surface area contributed by atoms with Crippen molar-refractivity contribution in [2.75, 3.05) is 13.4 Å². The molecule has 2 rings (SSSR count). The minimum Gasteiger partial charge on any atom is -0.504 e. The van der Waals surface area contributed by atoms with E-state index in [1.165, 1.54) is 12.1 Å². The lowest BCUT2D eigenvalue weighted by atomic mass is 10.1. The Bertz CT molecular complexity index is 442. The van der Waals surface area contributed by atoms with Gasteiger partial charge in [0, 0.05) is 0 Å². The van der Waals surface area contributed by atoms with Gasteiger partial charge in [0.05, 0.1) is 6.61 Å². The highest BCUT2D eigenvalue weighted by molar-refractivity contribution is 5.77. The number of rotatable bonds is 3. The summed E-state index contributed by atoms with van der Waals surface area (Å²) in [7, 11) is 0. The summed E-state index contributed by atoms with van der Waals surface area (Å²) in [6.45, 7) is 1.82. The first-order valence-corrected chi connectivity index (χ1v) is 5.10. The van der Waals surface area contributed by atoms with Gasteiger partial charge in [-0.2, -0.15) is 0 Å².